The summed E-state index contributed by atoms with van der Waals surface area (Å²) < 4.78 is 5.73. The first-order valence-corrected chi connectivity index (χ1v) is 6.82. The Kier molecular flexibility index (Phi) is 5.95. The van der Waals surface area contributed by atoms with Gasteiger partial charge in [0.1, 0.15) is 0 Å². The number of carbonyl (C=O) groups excluding carboxylic acids is 1. The van der Waals surface area contributed by atoms with Crippen molar-refractivity contribution in [3.8, 4) is 0 Å². The Morgan fingerprint density at radius 2 is 2.29 bits per heavy atom. The normalized spacial score (nSPS) is 12.8. The van der Waals surface area contributed by atoms with E-state index in [1.54, 1.807) is 11.3 Å². The van der Waals surface area contributed by atoms with Crippen LogP contribution in [0, 0.1) is 0 Å². The van der Waals surface area contributed by atoms with E-state index in [9.17, 15) is 4.79 Å². The number of halogens is 1. The third-order valence-electron chi connectivity index (χ3n) is 2.55. The molecule has 0 fully saturated rings. The van der Waals surface area contributed by atoms with Gasteiger partial charge < -0.3 is 4.74 Å². The highest BCUT2D eigenvalue weighted by atomic mass is 35.5. The number of hydrogen-bond donors (Lipinski definition) is 0. The predicted octanol–water partition coefficient (Wildman–Crippen LogP) is 3.18. The molecule has 17 heavy (non-hydrogen) atoms. The van der Waals surface area contributed by atoms with E-state index in [0.717, 1.165) is 10.9 Å². The molecular weight excluding hydrogens is 258 g/mol. The molecule has 0 aliphatic rings. The van der Waals surface area contributed by atoms with Crippen molar-refractivity contribution in [3.05, 3.63) is 21.3 Å². The molecule has 0 aromatic carbocycles. The summed E-state index contributed by atoms with van der Waals surface area (Å²) in [6, 6.07) is 4.07. The highest BCUT2D eigenvalue weighted by Gasteiger charge is 2.15. The van der Waals surface area contributed by atoms with Crippen molar-refractivity contribution in [1.82, 2.24) is 4.90 Å². The lowest BCUT2D eigenvalue weighted by molar-refractivity contribution is -0.144. The molecule has 1 heterocycles. The molecule has 0 saturated carbocycles. The minimum Gasteiger partial charge on any atom is -0.466 e. The minimum absolute atomic E-state index is 0.143. The maximum Gasteiger partial charge on any atom is 0.307 e. The Bertz CT molecular complexity index is 367. The van der Waals surface area contributed by atoms with Crippen LogP contribution in [0.2, 0.25) is 4.34 Å². The Morgan fingerprint density at radius 3 is 2.82 bits per heavy atom. The van der Waals surface area contributed by atoms with Gasteiger partial charge in [0.05, 0.1) is 17.4 Å². The smallest absolute Gasteiger partial charge is 0.307 e. The van der Waals surface area contributed by atoms with Crippen LogP contribution in [0.3, 0.4) is 0 Å². The van der Waals surface area contributed by atoms with Crippen LogP contribution in [0.4, 0.5) is 0 Å². The van der Waals surface area contributed by atoms with Crippen LogP contribution in [-0.4, -0.2) is 30.6 Å². The lowest BCUT2D eigenvalue weighted by Gasteiger charge is -2.23. The summed E-state index contributed by atoms with van der Waals surface area (Å²) in [6.45, 7) is 5.08. The van der Waals surface area contributed by atoms with Gasteiger partial charge in [0.2, 0.25) is 0 Å². The fourth-order valence-electron chi connectivity index (χ4n) is 1.46. The van der Waals surface area contributed by atoms with Gasteiger partial charge in [0.25, 0.3) is 0 Å². The zero-order valence-corrected chi connectivity index (χ0v) is 12.0. The fraction of sp³-hybridized carbons (Fsp3) is 0.583. The van der Waals surface area contributed by atoms with Crippen molar-refractivity contribution < 1.29 is 9.53 Å². The number of ether oxygens (including phenoxy) is 1. The van der Waals surface area contributed by atoms with Crippen LogP contribution >= 0.6 is 22.9 Å². The van der Waals surface area contributed by atoms with E-state index in [1.165, 1.54) is 4.88 Å². The fourth-order valence-corrected chi connectivity index (χ4v) is 2.61. The molecule has 0 aliphatic carbocycles. The molecule has 0 bridgehead atoms. The maximum atomic E-state index is 11.3. The van der Waals surface area contributed by atoms with Crippen molar-refractivity contribution in [2.45, 2.75) is 32.9 Å². The second-order valence-electron chi connectivity index (χ2n) is 3.98. The van der Waals surface area contributed by atoms with Gasteiger partial charge in [-0.05, 0) is 33.0 Å². The first kappa shape index (κ1) is 14.5. The zero-order chi connectivity index (χ0) is 12.8. The van der Waals surface area contributed by atoms with Crippen molar-refractivity contribution in [3.63, 3.8) is 0 Å². The lowest BCUT2D eigenvalue weighted by atomic mass is 10.2. The summed E-state index contributed by atoms with van der Waals surface area (Å²) in [4.78, 5) is 14.7. The van der Waals surface area contributed by atoms with E-state index in [0.29, 0.717) is 13.0 Å². The van der Waals surface area contributed by atoms with Gasteiger partial charge in [-0.25, -0.2) is 0 Å². The van der Waals surface area contributed by atoms with Gasteiger partial charge in [-0.2, -0.15) is 0 Å². The molecule has 0 saturated heterocycles. The van der Waals surface area contributed by atoms with Crippen LogP contribution < -0.4 is 0 Å². The monoisotopic (exact) mass is 275 g/mol. The average Bonchev–Trinajstić information content (AvgIpc) is 2.64. The highest BCUT2D eigenvalue weighted by Crippen LogP contribution is 2.23. The standard InChI is InChI=1S/C12H18ClNO2S/c1-4-16-12(15)7-9(2)14(3)8-10-5-6-11(13)17-10/h5-6,9H,4,7-8H2,1-3H3. The van der Waals surface area contributed by atoms with Crippen molar-refractivity contribution in [2.24, 2.45) is 0 Å². The summed E-state index contributed by atoms with van der Waals surface area (Å²) in [7, 11) is 2.00. The van der Waals surface area contributed by atoms with Crippen LogP contribution in [0.5, 0.6) is 0 Å². The second kappa shape index (κ2) is 6.99. The average molecular weight is 276 g/mol. The van der Waals surface area contributed by atoms with Gasteiger partial charge >= 0.3 is 5.97 Å². The molecule has 0 N–H and O–H groups in total. The molecule has 1 aromatic rings. The number of thiophene rings is 1. The number of rotatable bonds is 6. The van der Waals surface area contributed by atoms with Crippen LogP contribution in [0.1, 0.15) is 25.1 Å². The van der Waals surface area contributed by atoms with E-state index in [4.69, 9.17) is 16.3 Å². The Hall–Kier alpha value is -0.580. The molecule has 1 atom stereocenters. The molecule has 0 spiro atoms. The first-order chi connectivity index (χ1) is 8.02. The lowest BCUT2D eigenvalue weighted by Crippen LogP contribution is -2.30. The summed E-state index contributed by atoms with van der Waals surface area (Å²) in [5, 5.41) is 0. The molecule has 0 radical (unpaired) electrons. The number of esters is 1. The first-order valence-electron chi connectivity index (χ1n) is 5.63. The van der Waals surface area contributed by atoms with Gasteiger partial charge in [-0.15, -0.1) is 11.3 Å². The topological polar surface area (TPSA) is 29.5 Å². The maximum absolute atomic E-state index is 11.3. The molecule has 1 rings (SSSR count). The summed E-state index contributed by atoms with van der Waals surface area (Å²) in [5.41, 5.74) is 0. The van der Waals surface area contributed by atoms with Gasteiger partial charge in [-0.3, -0.25) is 9.69 Å². The van der Waals surface area contributed by atoms with E-state index < -0.39 is 0 Å². The molecular formula is C12H18ClNO2S. The largest absolute Gasteiger partial charge is 0.466 e. The Balaban J connectivity index is 2.41. The summed E-state index contributed by atoms with van der Waals surface area (Å²) in [6.07, 6.45) is 0.420. The SMILES string of the molecule is CCOC(=O)CC(C)N(C)Cc1ccc(Cl)s1. The quantitative estimate of drug-likeness (QED) is 0.747. The van der Waals surface area contributed by atoms with E-state index >= 15 is 0 Å². The van der Waals surface area contributed by atoms with Crippen LogP contribution in [0.15, 0.2) is 12.1 Å². The number of hydrogen-bond acceptors (Lipinski definition) is 4. The summed E-state index contributed by atoms with van der Waals surface area (Å²) >= 11 is 7.45. The van der Waals surface area contributed by atoms with Gasteiger partial charge in [0, 0.05) is 17.5 Å². The van der Waals surface area contributed by atoms with Crippen molar-refractivity contribution in [2.75, 3.05) is 13.7 Å². The number of carbonyl (C=O) groups is 1. The molecule has 3 nitrogen and oxygen atoms in total. The Labute approximate surface area is 111 Å². The van der Waals surface area contributed by atoms with Crippen LogP contribution in [-0.2, 0) is 16.1 Å². The summed E-state index contributed by atoms with van der Waals surface area (Å²) in [5.74, 6) is -0.143. The van der Waals surface area contributed by atoms with E-state index in [1.807, 2.05) is 33.0 Å². The molecule has 96 valence electrons. The number of nitrogens with zero attached hydrogens (tertiary/aromatic N) is 1. The van der Waals surface area contributed by atoms with Crippen molar-refractivity contribution >= 4 is 28.9 Å². The highest BCUT2D eigenvalue weighted by molar-refractivity contribution is 7.16. The zero-order valence-electron chi connectivity index (χ0n) is 10.4. The van der Waals surface area contributed by atoms with E-state index in [2.05, 4.69) is 4.90 Å². The van der Waals surface area contributed by atoms with Crippen molar-refractivity contribution in [1.29, 1.82) is 0 Å². The molecule has 1 aromatic heterocycles. The third-order valence-corrected chi connectivity index (χ3v) is 3.77. The molecule has 1 unspecified atom stereocenters. The third kappa shape index (κ3) is 5.06. The van der Waals surface area contributed by atoms with Gasteiger partial charge in [0.15, 0.2) is 0 Å². The molecule has 0 amide bonds. The predicted molar refractivity (Wildman–Crippen MR) is 71.5 cm³/mol. The van der Waals surface area contributed by atoms with E-state index in [-0.39, 0.29) is 12.0 Å². The molecule has 0 aliphatic heterocycles. The second-order valence-corrected chi connectivity index (χ2v) is 5.78. The molecule has 5 heteroatoms. The minimum atomic E-state index is -0.143. The van der Waals surface area contributed by atoms with Crippen LogP contribution in [0.25, 0.3) is 0 Å². The van der Waals surface area contributed by atoms with Gasteiger partial charge in [-0.1, -0.05) is 11.6 Å². The Morgan fingerprint density at radius 1 is 1.59 bits per heavy atom.